The second-order valence-corrected chi connectivity index (χ2v) is 7.49. The summed E-state index contributed by atoms with van der Waals surface area (Å²) in [6, 6.07) is 15.4. The number of pyridine rings is 1. The number of nitrogens with zero attached hydrogens (tertiary/aromatic N) is 2. The van der Waals surface area contributed by atoms with E-state index in [0.717, 1.165) is 28.5 Å². The van der Waals surface area contributed by atoms with E-state index < -0.39 is 11.8 Å². The number of rotatable bonds is 6. The summed E-state index contributed by atoms with van der Waals surface area (Å²) in [5.74, 6) is -1.48. The fraction of sp³-hybridized carbons (Fsp3) is 0.167. The van der Waals surface area contributed by atoms with Crippen LogP contribution >= 0.6 is 0 Å². The molecule has 0 spiro atoms. The van der Waals surface area contributed by atoms with E-state index in [4.69, 9.17) is 16.9 Å². The van der Waals surface area contributed by atoms with Crippen molar-refractivity contribution in [1.82, 2.24) is 9.88 Å². The Balaban J connectivity index is 1.88. The van der Waals surface area contributed by atoms with E-state index in [-0.39, 0.29) is 35.8 Å². The highest BCUT2D eigenvalue weighted by atomic mass is 16.2. The number of amides is 2. The Kier molecular flexibility index (Phi) is 6.84. The molecule has 0 bridgehead atoms. The number of anilines is 3. The molecule has 0 aliphatic carbocycles. The van der Waals surface area contributed by atoms with Crippen molar-refractivity contribution in [2.75, 3.05) is 16.8 Å². The maximum absolute atomic E-state index is 13.2. The summed E-state index contributed by atoms with van der Waals surface area (Å²) in [6.07, 6.45) is 2.23. The fourth-order valence-electron chi connectivity index (χ4n) is 3.32. The highest BCUT2D eigenvalue weighted by Gasteiger charge is 2.24. The van der Waals surface area contributed by atoms with Gasteiger partial charge in [-0.1, -0.05) is 48.5 Å². The maximum Gasteiger partial charge on any atom is 0.314 e. The van der Waals surface area contributed by atoms with Crippen LogP contribution in [0.4, 0.5) is 17.2 Å². The number of hydrogen-bond donors (Lipinski definition) is 4. The average Bonchev–Trinajstić information content (AvgIpc) is 2.78. The van der Waals surface area contributed by atoms with Gasteiger partial charge < -0.3 is 27.1 Å². The van der Waals surface area contributed by atoms with Gasteiger partial charge in [-0.15, -0.1) is 0 Å². The molecule has 1 aromatic heterocycles. The predicted octanol–water partition coefficient (Wildman–Crippen LogP) is 3.03. The fourth-order valence-corrected chi connectivity index (χ4v) is 3.32. The van der Waals surface area contributed by atoms with Gasteiger partial charge >= 0.3 is 11.8 Å². The molecule has 2 amide bonds. The molecule has 2 aromatic carbocycles. The summed E-state index contributed by atoms with van der Waals surface area (Å²) in [7, 11) is 0. The first kappa shape index (κ1) is 22.5. The number of benzene rings is 2. The first-order valence-electron chi connectivity index (χ1n) is 10.1. The molecule has 0 aliphatic rings. The van der Waals surface area contributed by atoms with Crippen molar-refractivity contribution in [3.63, 3.8) is 0 Å². The first-order valence-corrected chi connectivity index (χ1v) is 10.1. The van der Waals surface area contributed by atoms with Gasteiger partial charge in [0, 0.05) is 19.3 Å². The zero-order valence-electron chi connectivity index (χ0n) is 18.1. The molecule has 0 unspecified atom stereocenters. The largest absolute Gasteiger partial charge is 0.396 e. The van der Waals surface area contributed by atoms with E-state index in [9.17, 15) is 9.59 Å². The minimum Gasteiger partial charge on any atom is -0.396 e. The van der Waals surface area contributed by atoms with Gasteiger partial charge in [0.05, 0.1) is 23.1 Å². The second-order valence-electron chi connectivity index (χ2n) is 7.49. The molecule has 8 nitrogen and oxygen atoms in total. The highest BCUT2D eigenvalue weighted by Crippen LogP contribution is 2.24. The Morgan fingerprint density at radius 3 is 2.47 bits per heavy atom. The van der Waals surface area contributed by atoms with Crippen LogP contribution in [0.15, 0.2) is 54.7 Å². The van der Waals surface area contributed by atoms with Crippen molar-refractivity contribution in [1.29, 1.82) is 5.41 Å². The van der Waals surface area contributed by atoms with Crippen LogP contribution in [0.3, 0.4) is 0 Å². The number of nitrogens with two attached hydrogens (primary N) is 2. The summed E-state index contributed by atoms with van der Waals surface area (Å²) in [5, 5.41) is 9.95. The molecule has 8 heteroatoms. The molecule has 3 aromatic rings. The maximum atomic E-state index is 13.2. The Morgan fingerprint density at radius 2 is 1.78 bits per heavy atom. The number of carbonyl (C=O) groups is 2. The van der Waals surface area contributed by atoms with Crippen molar-refractivity contribution >= 4 is 35.2 Å². The van der Waals surface area contributed by atoms with Gasteiger partial charge in [0.1, 0.15) is 5.82 Å². The number of aromatic nitrogens is 1. The zero-order chi connectivity index (χ0) is 23.3. The standard InChI is InChI=1S/C24H26N6O2/c1-15-7-6-10-18(16(15)2)14-30(13-17-8-4-3-5-9-17)24(32)23(31)29-20-12-28-22(27)19(11-25)21(20)26/h3-12,25H,13-14H2,1-2H3,(H,29,31)(H4,26,27,28). The predicted molar refractivity (Wildman–Crippen MR) is 126 cm³/mol. The molecule has 32 heavy (non-hydrogen) atoms. The third kappa shape index (κ3) is 4.92. The van der Waals surface area contributed by atoms with Crippen LogP contribution in [0.1, 0.15) is 27.8 Å². The summed E-state index contributed by atoms with van der Waals surface area (Å²) in [5.41, 5.74) is 16.1. The van der Waals surface area contributed by atoms with Gasteiger partial charge in [-0.05, 0) is 36.1 Å². The van der Waals surface area contributed by atoms with Gasteiger partial charge in [0.15, 0.2) is 0 Å². The summed E-state index contributed by atoms with van der Waals surface area (Å²) in [4.78, 5) is 31.4. The van der Waals surface area contributed by atoms with Crippen LogP contribution in [0, 0.1) is 19.3 Å². The van der Waals surface area contributed by atoms with Crippen LogP contribution < -0.4 is 16.8 Å². The van der Waals surface area contributed by atoms with E-state index in [1.165, 1.54) is 11.1 Å². The SMILES string of the molecule is Cc1cccc(CN(Cc2ccccc2)C(=O)C(=O)Nc2cnc(N)c(C=N)c2N)c1C. The van der Waals surface area contributed by atoms with Crippen LogP contribution in [0.2, 0.25) is 0 Å². The summed E-state index contributed by atoms with van der Waals surface area (Å²) < 4.78 is 0. The van der Waals surface area contributed by atoms with Gasteiger partial charge in [0.2, 0.25) is 0 Å². The van der Waals surface area contributed by atoms with Gasteiger partial charge in [-0.2, -0.15) is 0 Å². The second kappa shape index (κ2) is 9.74. The van der Waals surface area contributed by atoms with Crippen molar-refractivity contribution in [2.45, 2.75) is 26.9 Å². The normalized spacial score (nSPS) is 10.4. The third-order valence-electron chi connectivity index (χ3n) is 5.36. The molecule has 0 aliphatic heterocycles. The minimum atomic E-state index is -0.847. The Morgan fingerprint density at radius 1 is 1.06 bits per heavy atom. The molecule has 0 radical (unpaired) electrons. The molecule has 0 saturated carbocycles. The molecule has 164 valence electrons. The smallest absolute Gasteiger partial charge is 0.314 e. The molecule has 0 atom stereocenters. The van der Waals surface area contributed by atoms with Crippen LogP contribution in [-0.2, 0) is 22.7 Å². The monoisotopic (exact) mass is 430 g/mol. The van der Waals surface area contributed by atoms with E-state index in [2.05, 4.69) is 10.3 Å². The summed E-state index contributed by atoms with van der Waals surface area (Å²) in [6.45, 7) is 4.54. The van der Waals surface area contributed by atoms with Crippen molar-refractivity contribution in [2.24, 2.45) is 0 Å². The Hall–Kier alpha value is -4.20. The van der Waals surface area contributed by atoms with Gasteiger partial charge in [-0.3, -0.25) is 9.59 Å². The molecule has 6 N–H and O–H groups in total. The van der Waals surface area contributed by atoms with Gasteiger partial charge in [-0.25, -0.2) is 4.98 Å². The van der Waals surface area contributed by atoms with E-state index >= 15 is 0 Å². The van der Waals surface area contributed by atoms with Crippen LogP contribution in [0.5, 0.6) is 0 Å². The topological polar surface area (TPSA) is 138 Å². The minimum absolute atomic E-state index is 0.0717. The van der Waals surface area contributed by atoms with E-state index in [0.29, 0.717) is 0 Å². The Bertz CT molecular complexity index is 1160. The number of nitrogens with one attached hydrogen (secondary N) is 2. The average molecular weight is 431 g/mol. The quantitative estimate of drug-likeness (QED) is 0.352. The van der Waals surface area contributed by atoms with E-state index in [1.807, 2.05) is 62.4 Å². The first-order chi connectivity index (χ1) is 15.3. The number of carbonyl (C=O) groups excluding carboxylic acids is 2. The van der Waals surface area contributed by atoms with Crippen LogP contribution in [-0.4, -0.2) is 27.9 Å². The molecule has 0 fully saturated rings. The molecule has 3 rings (SSSR count). The van der Waals surface area contributed by atoms with E-state index in [1.54, 1.807) is 0 Å². The lowest BCUT2D eigenvalue weighted by molar-refractivity contribution is -0.144. The lowest BCUT2D eigenvalue weighted by atomic mass is 10.0. The van der Waals surface area contributed by atoms with Gasteiger partial charge in [0.25, 0.3) is 0 Å². The molecular weight excluding hydrogens is 404 g/mol. The zero-order valence-corrected chi connectivity index (χ0v) is 18.1. The number of nitrogen functional groups attached to an aromatic ring is 2. The number of hydrogen-bond acceptors (Lipinski definition) is 6. The highest BCUT2D eigenvalue weighted by molar-refractivity contribution is 6.39. The van der Waals surface area contributed by atoms with Crippen molar-refractivity contribution < 1.29 is 9.59 Å². The number of aryl methyl sites for hydroxylation is 1. The molecular formula is C24H26N6O2. The van der Waals surface area contributed by atoms with Crippen LogP contribution in [0.25, 0.3) is 0 Å². The molecule has 1 heterocycles. The third-order valence-corrected chi connectivity index (χ3v) is 5.36. The Labute approximate surface area is 186 Å². The summed E-state index contributed by atoms with van der Waals surface area (Å²) >= 11 is 0. The van der Waals surface area contributed by atoms with Crippen molar-refractivity contribution in [3.8, 4) is 0 Å². The molecule has 0 saturated heterocycles. The lowest BCUT2D eigenvalue weighted by Crippen LogP contribution is -2.39. The lowest BCUT2D eigenvalue weighted by Gasteiger charge is -2.24. The van der Waals surface area contributed by atoms with Crippen molar-refractivity contribution in [3.05, 3.63) is 82.5 Å².